The lowest BCUT2D eigenvalue weighted by Crippen LogP contribution is -2.40. The molecule has 7 heteroatoms. The molecule has 0 fully saturated rings. The number of sulfonamides is 1. The first-order valence-corrected chi connectivity index (χ1v) is 6.86. The van der Waals surface area contributed by atoms with Gasteiger partial charge in [0, 0.05) is 19.5 Å². The second kappa shape index (κ2) is 7.03. The number of nitrogens with one attached hydrogen (secondary N) is 1. The Bertz CT molecular complexity index is 292. The number of nitrogens with zero attached hydrogens (tertiary/aromatic N) is 1. The Morgan fingerprint density at radius 1 is 1.47 bits per heavy atom. The van der Waals surface area contributed by atoms with Crippen molar-refractivity contribution < 1.29 is 13.2 Å². The van der Waals surface area contributed by atoms with Gasteiger partial charge in [-0.25, -0.2) is 8.42 Å². The van der Waals surface area contributed by atoms with E-state index in [9.17, 15) is 13.2 Å². The summed E-state index contributed by atoms with van der Waals surface area (Å²) in [5.74, 6) is -0.0238. The van der Waals surface area contributed by atoms with Gasteiger partial charge in [0.25, 0.3) is 0 Å². The Morgan fingerprint density at radius 2 is 2.07 bits per heavy atom. The van der Waals surface area contributed by atoms with Gasteiger partial charge in [0.2, 0.25) is 15.9 Å². The lowest BCUT2D eigenvalue weighted by Gasteiger charge is -2.19. The molecule has 0 aromatic carbocycles. The second-order valence-electron chi connectivity index (χ2n) is 2.96. The highest BCUT2D eigenvalue weighted by atomic mass is 35.5. The second-order valence-corrected chi connectivity index (χ2v) is 5.42. The number of amides is 1. The van der Waals surface area contributed by atoms with Gasteiger partial charge in [-0.15, -0.1) is 11.6 Å². The summed E-state index contributed by atoms with van der Waals surface area (Å²) in [7, 11) is -1.88. The number of halogens is 1. The van der Waals surface area contributed by atoms with Gasteiger partial charge >= 0.3 is 0 Å². The molecule has 5 nitrogen and oxygen atoms in total. The van der Waals surface area contributed by atoms with Crippen molar-refractivity contribution in [2.45, 2.75) is 13.3 Å². The standard InChI is InChI=1S/C8H17ClN2O3S/c1-3-11(7-8(12)10-2)15(13,14)6-4-5-9/h3-7H2,1-2H3,(H,10,12). The minimum absolute atomic E-state index is 0.0126. The Morgan fingerprint density at radius 3 is 2.47 bits per heavy atom. The monoisotopic (exact) mass is 256 g/mol. The van der Waals surface area contributed by atoms with E-state index >= 15 is 0 Å². The highest BCUT2D eigenvalue weighted by Crippen LogP contribution is 2.03. The number of carbonyl (C=O) groups excluding carboxylic acids is 1. The molecule has 0 saturated carbocycles. The van der Waals surface area contributed by atoms with Crippen LogP contribution >= 0.6 is 11.6 Å². The van der Waals surface area contributed by atoms with Gasteiger partial charge in [0.05, 0.1) is 12.3 Å². The summed E-state index contributed by atoms with van der Waals surface area (Å²) in [4.78, 5) is 11.1. The van der Waals surface area contributed by atoms with Crippen LogP contribution in [0.3, 0.4) is 0 Å². The minimum Gasteiger partial charge on any atom is -0.358 e. The van der Waals surface area contributed by atoms with Crippen LogP contribution in [0.2, 0.25) is 0 Å². The van der Waals surface area contributed by atoms with Crippen LogP contribution in [-0.4, -0.2) is 50.4 Å². The van der Waals surface area contributed by atoms with Crippen LogP contribution < -0.4 is 5.32 Å². The molecule has 0 radical (unpaired) electrons. The van der Waals surface area contributed by atoms with Gasteiger partial charge in [-0.1, -0.05) is 6.92 Å². The fourth-order valence-corrected chi connectivity index (χ4v) is 2.78. The minimum atomic E-state index is -3.35. The molecule has 0 atom stereocenters. The van der Waals surface area contributed by atoms with Crippen LogP contribution in [0.25, 0.3) is 0 Å². The van der Waals surface area contributed by atoms with Gasteiger partial charge in [0.15, 0.2) is 0 Å². The molecule has 0 heterocycles. The maximum atomic E-state index is 11.7. The molecule has 0 saturated heterocycles. The molecule has 15 heavy (non-hydrogen) atoms. The quantitative estimate of drug-likeness (QED) is 0.653. The zero-order valence-electron chi connectivity index (χ0n) is 8.99. The Hall–Kier alpha value is -0.330. The SMILES string of the molecule is CCN(CC(=O)NC)S(=O)(=O)CCCCl. The number of hydrogen-bond donors (Lipinski definition) is 1. The van der Waals surface area contributed by atoms with Crippen molar-refractivity contribution in [2.24, 2.45) is 0 Å². The highest BCUT2D eigenvalue weighted by molar-refractivity contribution is 7.89. The van der Waals surface area contributed by atoms with E-state index in [1.54, 1.807) is 6.92 Å². The third-order valence-corrected chi connectivity index (χ3v) is 4.13. The molecule has 0 rings (SSSR count). The molecule has 1 amide bonds. The molecule has 0 aliphatic rings. The van der Waals surface area contributed by atoms with Crippen molar-refractivity contribution in [1.29, 1.82) is 0 Å². The normalized spacial score (nSPS) is 11.7. The summed E-state index contributed by atoms with van der Waals surface area (Å²) in [5, 5.41) is 2.39. The Kier molecular flexibility index (Phi) is 6.87. The predicted octanol–water partition coefficient (Wildman–Crippen LogP) is 0.0130. The molecular weight excluding hydrogens is 240 g/mol. The summed E-state index contributed by atoms with van der Waals surface area (Å²) in [6.07, 6.45) is 0.397. The fraction of sp³-hybridized carbons (Fsp3) is 0.875. The summed E-state index contributed by atoms with van der Waals surface area (Å²) >= 11 is 5.43. The molecular formula is C8H17ClN2O3S. The summed E-state index contributed by atoms with van der Waals surface area (Å²) in [6.45, 7) is 1.86. The highest BCUT2D eigenvalue weighted by Gasteiger charge is 2.21. The predicted molar refractivity (Wildman–Crippen MR) is 60.4 cm³/mol. The zero-order valence-corrected chi connectivity index (χ0v) is 10.6. The zero-order chi connectivity index (χ0) is 11.9. The van der Waals surface area contributed by atoms with Crippen LogP contribution in [0.5, 0.6) is 0 Å². The van der Waals surface area contributed by atoms with Crippen LogP contribution in [0, 0.1) is 0 Å². The van der Waals surface area contributed by atoms with E-state index in [1.807, 2.05) is 0 Å². The van der Waals surface area contributed by atoms with Crippen molar-refractivity contribution in [3.8, 4) is 0 Å². The maximum Gasteiger partial charge on any atom is 0.235 e. The topological polar surface area (TPSA) is 66.5 Å². The maximum absolute atomic E-state index is 11.7. The Labute approximate surface area is 95.8 Å². The molecule has 0 spiro atoms. The van der Waals surface area contributed by atoms with Crippen LogP contribution in [-0.2, 0) is 14.8 Å². The van der Waals surface area contributed by atoms with Crippen molar-refractivity contribution in [1.82, 2.24) is 9.62 Å². The number of carbonyl (C=O) groups is 1. The van der Waals surface area contributed by atoms with Gasteiger partial charge in [-0.05, 0) is 6.42 Å². The molecule has 0 aromatic heterocycles. The molecule has 0 aromatic rings. The van der Waals surface area contributed by atoms with E-state index in [0.717, 1.165) is 4.31 Å². The van der Waals surface area contributed by atoms with Gasteiger partial charge < -0.3 is 5.32 Å². The smallest absolute Gasteiger partial charge is 0.235 e. The number of likely N-dealkylation sites (N-methyl/N-ethyl adjacent to an activating group) is 2. The van der Waals surface area contributed by atoms with Crippen molar-refractivity contribution in [2.75, 3.05) is 31.8 Å². The van der Waals surface area contributed by atoms with Crippen LogP contribution in [0.4, 0.5) is 0 Å². The first kappa shape index (κ1) is 14.7. The summed E-state index contributed by atoms with van der Waals surface area (Å²) in [5.41, 5.74) is 0. The molecule has 0 unspecified atom stereocenters. The van der Waals surface area contributed by atoms with E-state index in [2.05, 4.69) is 5.32 Å². The largest absolute Gasteiger partial charge is 0.358 e. The van der Waals surface area contributed by atoms with E-state index in [0.29, 0.717) is 12.3 Å². The fourth-order valence-electron chi connectivity index (χ4n) is 1.01. The van der Waals surface area contributed by atoms with E-state index in [1.165, 1.54) is 7.05 Å². The molecule has 0 aliphatic carbocycles. The van der Waals surface area contributed by atoms with Crippen LogP contribution in [0.15, 0.2) is 0 Å². The number of hydrogen-bond acceptors (Lipinski definition) is 3. The van der Waals surface area contributed by atoms with Gasteiger partial charge in [0.1, 0.15) is 0 Å². The third-order valence-electron chi connectivity index (χ3n) is 1.88. The summed E-state index contributed by atoms with van der Waals surface area (Å²) in [6, 6.07) is 0. The van der Waals surface area contributed by atoms with E-state index in [4.69, 9.17) is 11.6 Å². The van der Waals surface area contributed by atoms with Gasteiger partial charge in [-0.2, -0.15) is 4.31 Å². The first-order valence-electron chi connectivity index (χ1n) is 4.72. The third kappa shape index (κ3) is 5.34. The van der Waals surface area contributed by atoms with E-state index < -0.39 is 10.0 Å². The molecule has 1 N–H and O–H groups in total. The van der Waals surface area contributed by atoms with E-state index in [-0.39, 0.29) is 24.7 Å². The lowest BCUT2D eigenvalue weighted by molar-refractivity contribution is -0.120. The van der Waals surface area contributed by atoms with Crippen molar-refractivity contribution in [3.05, 3.63) is 0 Å². The average molecular weight is 257 g/mol. The molecule has 0 aliphatic heterocycles. The van der Waals surface area contributed by atoms with Crippen molar-refractivity contribution >= 4 is 27.5 Å². The summed E-state index contributed by atoms with van der Waals surface area (Å²) < 4.78 is 24.5. The lowest BCUT2D eigenvalue weighted by atomic mass is 10.5. The average Bonchev–Trinajstić information content (AvgIpc) is 2.22. The van der Waals surface area contributed by atoms with Crippen molar-refractivity contribution in [3.63, 3.8) is 0 Å². The molecule has 90 valence electrons. The Balaban J connectivity index is 4.44. The number of rotatable bonds is 7. The van der Waals surface area contributed by atoms with Gasteiger partial charge in [-0.3, -0.25) is 4.79 Å². The number of alkyl halides is 1. The molecule has 0 bridgehead atoms. The van der Waals surface area contributed by atoms with Crippen LogP contribution in [0.1, 0.15) is 13.3 Å². The first-order chi connectivity index (χ1) is 6.97.